The lowest BCUT2D eigenvalue weighted by Crippen LogP contribution is -2.54. The molecule has 0 atom stereocenters. The Labute approximate surface area is 150 Å². The maximum atomic E-state index is 13.1. The summed E-state index contributed by atoms with van der Waals surface area (Å²) in [6.07, 6.45) is 1.44. The van der Waals surface area contributed by atoms with Crippen molar-refractivity contribution in [3.63, 3.8) is 0 Å². The van der Waals surface area contributed by atoms with Gasteiger partial charge in [-0.3, -0.25) is 4.79 Å². The summed E-state index contributed by atoms with van der Waals surface area (Å²) in [7, 11) is 3.53. The molecule has 2 aliphatic heterocycles. The highest BCUT2D eigenvalue weighted by Crippen LogP contribution is 2.27. The summed E-state index contributed by atoms with van der Waals surface area (Å²) < 4.78 is 11.1. The SMILES string of the molecule is COC1(C(=O)N(C)Cc2ccccc2N2CCOCC2)CCNCC1. The minimum absolute atomic E-state index is 0.0771. The maximum Gasteiger partial charge on any atom is 0.254 e. The van der Waals surface area contributed by atoms with Crippen LogP contribution in [-0.4, -0.2) is 70.0 Å². The van der Waals surface area contributed by atoms with Crippen LogP contribution in [0.15, 0.2) is 24.3 Å². The molecule has 0 aromatic heterocycles. The molecule has 25 heavy (non-hydrogen) atoms. The van der Waals surface area contributed by atoms with Gasteiger partial charge in [-0.15, -0.1) is 0 Å². The molecule has 0 bridgehead atoms. The highest BCUT2D eigenvalue weighted by atomic mass is 16.5. The van der Waals surface area contributed by atoms with Crippen LogP contribution >= 0.6 is 0 Å². The van der Waals surface area contributed by atoms with Gasteiger partial charge in [-0.2, -0.15) is 0 Å². The van der Waals surface area contributed by atoms with E-state index in [2.05, 4.69) is 28.4 Å². The molecule has 0 saturated carbocycles. The van der Waals surface area contributed by atoms with Gasteiger partial charge in [0.05, 0.1) is 13.2 Å². The number of amides is 1. The summed E-state index contributed by atoms with van der Waals surface area (Å²) in [5.41, 5.74) is 1.68. The van der Waals surface area contributed by atoms with Gasteiger partial charge < -0.3 is 24.6 Å². The van der Waals surface area contributed by atoms with E-state index < -0.39 is 5.60 Å². The van der Waals surface area contributed by atoms with Crippen molar-refractivity contribution < 1.29 is 14.3 Å². The summed E-state index contributed by atoms with van der Waals surface area (Å²) in [5, 5.41) is 3.30. The highest BCUT2D eigenvalue weighted by Gasteiger charge is 2.41. The number of morpholine rings is 1. The number of nitrogens with one attached hydrogen (secondary N) is 1. The Hall–Kier alpha value is -1.63. The molecule has 2 aliphatic rings. The van der Waals surface area contributed by atoms with Crippen LogP contribution in [0.3, 0.4) is 0 Å². The quantitative estimate of drug-likeness (QED) is 0.869. The third-order valence-corrected chi connectivity index (χ3v) is 5.29. The molecular formula is C19H29N3O3. The number of likely N-dealkylation sites (N-methyl/N-ethyl adjacent to an activating group) is 1. The lowest BCUT2D eigenvalue weighted by atomic mass is 9.90. The summed E-state index contributed by atoms with van der Waals surface area (Å²) >= 11 is 0. The molecule has 2 fully saturated rings. The number of carbonyl (C=O) groups is 1. The molecular weight excluding hydrogens is 318 g/mol. The molecule has 0 radical (unpaired) electrons. The van der Waals surface area contributed by atoms with E-state index >= 15 is 0 Å². The fourth-order valence-corrected chi connectivity index (χ4v) is 3.77. The summed E-state index contributed by atoms with van der Waals surface area (Å²) in [4.78, 5) is 17.2. The van der Waals surface area contributed by atoms with Gasteiger partial charge in [0.15, 0.2) is 0 Å². The maximum absolute atomic E-state index is 13.1. The van der Waals surface area contributed by atoms with Gasteiger partial charge in [0, 0.05) is 39.5 Å². The molecule has 1 aromatic carbocycles. The molecule has 1 aromatic rings. The van der Waals surface area contributed by atoms with Gasteiger partial charge >= 0.3 is 0 Å². The Morgan fingerprint density at radius 2 is 1.96 bits per heavy atom. The first-order valence-electron chi connectivity index (χ1n) is 9.08. The van der Waals surface area contributed by atoms with Crippen LogP contribution in [0.1, 0.15) is 18.4 Å². The van der Waals surface area contributed by atoms with Crippen molar-refractivity contribution in [2.45, 2.75) is 25.0 Å². The van der Waals surface area contributed by atoms with Crippen molar-refractivity contribution in [3.8, 4) is 0 Å². The molecule has 3 rings (SSSR count). The van der Waals surface area contributed by atoms with Crippen LogP contribution in [0.2, 0.25) is 0 Å². The largest absolute Gasteiger partial charge is 0.378 e. The summed E-state index contributed by atoms with van der Waals surface area (Å²) in [6.45, 7) is 5.51. The molecule has 6 heteroatoms. The van der Waals surface area contributed by atoms with Crippen molar-refractivity contribution in [2.24, 2.45) is 0 Å². The van der Waals surface area contributed by atoms with Crippen LogP contribution in [-0.2, 0) is 20.8 Å². The molecule has 0 spiro atoms. The van der Waals surface area contributed by atoms with E-state index in [9.17, 15) is 4.79 Å². The van der Waals surface area contributed by atoms with E-state index in [1.807, 2.05) is 18.0 Å². The summed E-state index contributed by atoms with van der Waals surface area (Å²) in [5.74, 6) is 0.0771. The zero-order chi connectivity index (χ0) is 17.7. The van der Waals surface area contributed by atoms with Crippen molar-refractivity contribution >= 4 is 11.6 Å². The fourth-order valence-electron chi connectivity index (χ4n) is 3.77. The molecule has 1 N–H and O–H groups in total. The van der Waals surface area contributed by atoms with Gasteiger partial charge in [-0.25, -0.2) is 0 Å². The fraction of sp³-hybridized carbons (Fsp3) is 0.632. The average molecular weight is 347 g/mol. The van der Waals surface area contributed by atoms with Gasteiger partial charge in [-0.1, -0.05) is 18.2 Å². The van der Waals surface area contributed by atoms with Gasteiger partial charge in [0.2, 0.25) is 0 Å². The Morgan fingerprint density at radius 3 is 2.64 bits per heavy atom. The number of benzene rings is 1. The van der Waals surface area contributed by atoms with Gasteiger partial charge in [0.25, 0.3) is 5.91 Å². The van der Waals surface area contributed by atoms with Crippen molar-refractivity contribution in [1.29, 1.82) is 0 Å². The average Bonchev–Trinajstić information content (AvgIpc) is 2.69. The number of piperidine rings is 1. The first-order valence-corrected chi connectivity index (χ1v) is 9.08. The number of para-hydroxylation sites is 1. The number of carbonyl (C=O) groups excluding carboxylic acids is 1. The number of anilines is 1. The molecule has 138 valence electrons. The number of rotatable bonds is 5. The van der Waals surface area contributed by atoms with Crippen LogP contribution < -0.4 is 10.2 Å². The second-order valence-electron chi connectivity index (χ2n) is 6.84. The zero-order valence-corrected chi connectivity index (χ0v) is 15.3. The van der Waals surface area contributed by atoms with E-state index in [0.717, 1.165) is 52.2 Å². The molecule has 1 amide bonds. The zero-order valence-electron chi connectivity index (χ0n) is 15.3. The number of nitrogens with zero attached hydrogens (tertiary/aromatic N) is 2. The number of hydrogen-bond donors (Lipinski definition) is 1. The smallest absolute Gasteiger partial charge is 0.254 e. The van der Waals surface area contributed by atoms with E-state index in [4.69, 9.17) is 9.47 Å². The second kappa shape index (κ2) is 8.17. The summed E-state index contributed by atoms with van der Waals surface area (Å²) in [6, 6.07) is 8.33. The van der Waals surface area contributed by atoms with E-state index in [1.54, 1.807) is 7.11 Å². The monoisotopic (exact) mass is 347 g/mol. The normalized spacial score (nSPS) is 20.3. The van der Waals surface area contributed by atoms with Crippen LogP contribution in [0.25, 0.3) is 0 Å². The molecule has 0 unspecified atom stereocenters. The molecule has 2 saturated heterocycles. The molecule has 6 nitrogen and oxygen atoms in total. The van der Waals surface area contributed by atoms with Crippen molar-refractivity contribution in [1.82, 2.24) is 10.2 Å². The van der Waals surface area contributed by atoms with Crippen LogP contribution in [0.4, 0.5) is 5.69 Å². The van der Waals surface area contributed by atoms with Gasteiger partial charge in [0.1, 0.15) is 5.60 Å². The van der Waals surface area contributed by atoms with Crippen LogP contribution in [0, 0.1) is 0 Å². The lowest BCUT2D eigenvalue weighted by molar-refractivity contribution is -0.157. The Morgan fingerprint density at radius 1 is 1.28 bits per heavy atom. The molecule has 0 aliphatic carbocycles. The Kier molecular flexibility index (Phi) is 5.93. The predicted molar refractivity (Wildman–Crippen MR) is 97.8 cm³/mol. The van der Waals surface area contributed by atoms with E-state index in [0.29, 0.717) is 6.54 Å². The minimum Gasteiger partial charge on any atom is -0.378 e. The predicted octanol–water partition coefficient (Wildman–Crippen LogP) is 1.25. The minimum atomic E-state index is -0.687. The third-order valence-electron chi connectivity index (χ3n) is 5.29. The van der Waals surface area contributed by atoms with Crippen molar-refractivity contribution in [3.05, 3.63) is 29.8 Å². The number of ether oxygens (including phenoxy) is 2. The van der Waals surface area contributed by atoms with E-state index in [-0.39, 0.29) is 5.91 Å². The Bertz CT molecular complexity index is 581. The third kappa shape index (κ3) is 3.97. The first-order chi connectivity index (χ1) is 12.2. The number of methoxy groups -OCH3 is 1. The first kappa shape index (κ1) is 18.2. The van der Waals surface area contributed by atoms with E-state index in [1.165, 1.54) is 11.3 Å². The lowest BCUT2D eigenvalue weighted by Gasteiger charge is -2.38. The second-order valence-corrected chi connectivity index (χ2v) is 6.84. The Balaban J connectivity index is 1.74. The van der Waals surface area contributed by atoms with Crippen LogP contribution in [0.5, 0.6) is 0 Å². The van der Waals surface area contributed by atoms with Crippen molar-refractivity contribution in [2.75, 3.05) is 58.5 Å². The molecule has 2 heterocycles. The van der Waals surface area contributed by atoms with Gasteiger partial charge in [-0.05, 0) is 37.6 Å². The highest BCUT2D eigenvalue weighted by molar-refractivity contribution is 5.85. The number of hydrogen-bond acceptors (Lipinski definition) is 5. The topological polar surface area (TPSA) is 54.0 Å². The standard InChI is InChI=1S/C19H29N3O3/c1-21(18(23)19(24-2)7-9-20-10-8-19)15-16-5-3-4-6-17(16)22-11-13-25-14-12-22/h3-6,20H,7-15H2,1-2H3.